The number of phenolic OH excluding ortho intramolecular Hbond substituents is 1. The van der Waals surface area contributed by atoms with Crippen molar-refractivity contribution >= 4 is 17.2 Å². The third kappa shape index (κ3) is 3.32. The number of allylic oxidation sites excluding steroid dienone is 3. The summed E-state index contributed by atoms with van der Waals surface area (Å²) in [7, 11) is 1.41. The summed E-state index contributed by atoms with van der Waals surface area (Å²) in [4.78, 5) is 25.5. The minimum atomic E-state index is -0.729. The number of non-ortho nitro benzene ring substituents is 1. The van der Waals surface area contributed by atoms with Crippen molar-refractivity contribution < 1.29 is 19.6 Å². The van der Waals surface area contributed by atoms with Gasteiger partial charge in [0.15, 0.2) is 17.3 Å². The molecule has 1 aliphatic carbocycles. The van der Waals surface area contributed by atoms with Crippen LogP contribution in [0.2, 0.25) is 0 Å². The van der Waals surface area contributed by atoms with Crippen molar-refractivity contribution in [3.8, 4) is 17.6 Å². The quantitative estimate of drug-likeness (QED) is 0.551. The standard InChI is InChI=1S/C23H20N4O5/c1-32-20-10-13(8-9-18(20)28)21-16(12-24)23(25)26(17-6-3-7-19(29)22(17)21)14-4-2-5-15(11-14)27(30)31/h2,4-5,8-11,21,28H,3,6-7,25H2,1H3. The summed E-state index contributed by atoms with van der Waals surface area (Å²) in [6, 6.07) is 12.7. The average Bonchev–Trinajstić information content (AvgIpc) is 2.79. The van der Waals surface area contributed by atoms with Gasteiger partial charge in [-0.3, -0.25) is 19.8 Å². The molecule has 4 rings (SSSR count). The number of anilines is 1. The number of ketones is 1. The van der Waals surface area contributed by atoms with Crippen molar-refractivity contribution in [2.24, 2.45) is 5.73 Å². The van der Waals surface area contributed by atoms with E-state index in [1.165, 1.54) is 31.4 Å². The summed E-state index contributed by atoms with van der Waals surface area (Å²) in [5.41, 5.74) is 8.54. The Morgan fingerprint density at radius 1 is 1.28 bits per heavy atom. The van der Waals surface area contributed by atoms with Crippen molar-refractivity contribution in [3.05, 3.63) is 80.8 Å². The molecule has 1 unspecified atom stereocenters. The van der Waals surface area contributed by atoms with Crippen molar-refractivity contribution in [1.82, 2.24) is 0 Å². The minimum absolute atomic E-state index is 0.0649. The van der Waals surface area contributed by atoms with Gasteiger partial charge >= 0.3 is 0 Å². The molecule has 9 nitrogen and oxygen atoms in total. The Labute approximate surface area is 183 Å². The molecule has 0 saturated heterocycles. The van der Waals surface area contributed by atoms with E-state index < -0.39 is 10.8 Å². The van der Waals surface area contributed by atoms with Crippen molar-refractivity contribution in [1.29, 1.82) is 5.26 Å². The molecule has 162 valence electrons. The number of Topliss-reactive ketones (excluding diaryl/α,β-unsaturated/α-hetero) is 1. The number of benzene rings is 2. The van der Waals surface area contributed by atoms with E-state index in [1.807, 2.05) is 0 Å². The number of nitrogens with two attached hydrogens (primary N) is 1. The van der Waals surface area contributed by atoms with Gasteiger partial charge in [-0.05, 0) is 36.6 Å². The number of rotatable bonds is 4. The fourth-order valence-electron chi connectivity index (χ4n) is 4.33. The fraction of sp³-hybridized carbons (Fsp3) is 0.217. The summed E-state index contributed by atoms with van der Waals surface area (Å²) >= 11 is 0. The number of carbonyl (C=O) groups excluding carboxylic acids is 1. The molecule has 0 aromatic heterocycles. The summed E-state index contributed by atoms with van der Waals surface area (Å²) in [5, 5.41) is 31.3. The second-order valence-electron chi connectivity index (χ2n) is 7.52. The van der Waals surface area contributed by atoms with E-state index in [4.69, 9.17) is 10.5 Å². The highest BCUT2D eigenvalue weighted by atomic mass is 16.6. The van der Waals surface area contributed by atoms with Gasteiger partial charge in [0.05, 0.1) is 35.3 Å². The number of carbonyl (C=O) groups is 1. The van der Waals surface area contributed by atoms with E-state index in [0.717, 1.165) is 0 Å². The van der Waals surface area contributed by atoms with Gasteiger partial charge < -0.3 is 15.6 Å². The third-order valence-corrected chi connectivity index (χ3v) is 5.75. The van der Waals surface area contributed by atoms with E-state index in [0.29, 0.717) is 41.8 Å². The largest absolute Gasteiger partial charge is 0.504 e. The van der Waals surface area contributed by atoms with Gasteiger partial charge in [0, 0.05) is 29.8 Å². The highest BCUT2D eigenvalue weighted by Crippen LogP contribution is 2.47. The van der Waals surface area contributed by atoms with Crippen LogP contribution in [-0.2, 0) is 4.79 Å². The summed E-state index contributed by atoms with van der Waals surface area (Å²) in [6.07, 6.45) is 1.45. The first-order chi connectivity index (χ1) is 15.4. The van der Waals surface area contributed by atoms with Gasteiger partial charge in [-0.15, -0.1) is 0 Å². The van der Waals surface area contributed by atoms with E-state index in [2.05, 4.69) is 6.07 Å². The zero-order chi connectivity index (χ0) is 23.0. The Bertz CT molecular complexity index is 1240. The first kappa shape index (κ1) is 20.9. The lowest BCUT2D eigenvalue weighted by molar-refractivity contribution is -0.384. The van der Waals surface area contributed by atoms with E-state index in [1.54, 1.807) is 23.1 Å². The van der Waals surface area contributed by atoms with Crippen LogP contribution < -0.4 is 15.4 Å². The molecule has 9 heteroatoms. The molecule has 3 N–H and O–H groups in total. The normalized spacial score (nSPS) is 18.3. The predicted octanol–water partition coefficient (Wildman–Crippen LogP) is 3.61. The van der Waals surface area contributed by atoms with Crippen LogP contribution in [0.1, 0.15) is 30.7 Å². The molecule has 0 saturated carbocycles. The zero-order valence-corrected chi connectivity index (χ0v) is 17.2. The minimum Gasteiger partial charge on any atom is -0.504 e. The number of nitro groups is 1. The van der Waals surface area contributed by atoms with E-state index in [9.17, 15) is 25.3 Å². The lowest BCUT2D eigenvalue weighted by Gasteiger charge is -2.39. The Hall–Kier alpha value is -4.32. The number of nitro benzene ring substituents is 1. The molecular weight excluding hydrogens is 412 g/mol. The summed E-state index contributed by atoms with van der Waals surface area (Å²) < 4.78 is 5.21. The van der Waals surface area contributed by atoms with Gasteiger partial charge in [0.1, 0.15) is 5.82 Å². The molecule has 1 heterocycles. The highest BCUT2D eigenvalue weighted by molar-refractivity contribution is 6.01. The Balaban J connectivity index is 1.96. The molecule has 0 spiro atoms. The van der Waals surface area contributed by atoms with Crippen LogP contribution in [0.3, 0.4) is 0 Å². The smallest absolute Gasteiger partial charge is 0.271 e. The highest BCUT2D eigenvalue weighted by Gasteiger charge is 2.40. The van der Waals surface area contributed by atoms with Crippen LogP contribution in [0.15, 0.2) is 65.1 Å². The number of hydrogen-bond acceptors (Lipinski definition) is 8. The lowest BCUT2D eigenvalue weighted by Crippen LogP contribution is -2.38. The molecule has 1 aliphatic heterocycles. The van der Waals surface area contributed by atoms with Gasteiger partial charge in [-0.25, -0.2) is 0 Å². The molecule has 0 radical (unpaired) electrons. The third-order valence-electron chi connectivity index (χ3n) is 5.75. The molecule has 0 fully saturated rings. The fourth-order valence-corrected chi connectivity index (χ4v) is 4.33. The Morgan fingerprint density at radius 3 is 2.75 bits per heavy atom. The molecule has 2 aromatic carbocycles. The van der Waals surface area contributed by atoms with Crippen LogP contribution in [0, 0.1) is 21.4 Å². The van der Waals surface area contributed by atoms with Gasteiger partial charge in [-0.2, -0.15) is 5.26 Å². The first-order valence-electron chi connectivity index (χ1n) is 9.94. The number of methoxy groups -OCH3 is 1. The molecular formula is C23H20N4O5. The average molecular weight is 432 g/mol. The maximum absolute atomic E-state index is 13.1. The molecule has 32 heavy (non-hydrogen) atoms. The lowest BCUT2D eigenvalue weighted by atomic mass is 9.75. The first-order valence-corrected chi connectivity index (χ1v) is 9.94. The topological polar surface area (TPSA) is 143 Å². The Morgan fingerprint density at radius 2 is 2.06 bits per heavy atom. The van der Waals surface area contributed by atoms with Crippen LogP contribution in [-0.4, -0.2) is 22.9 Å². The number of ether oxygens (including phenoxy) is 1. The molecule has 2 aliphatic rings. The maximum Gasteiger partial charge on any atom is 0.271 e. The van der Waals surface area contributed by atoms with Crippen LogP contribution in [0.4, 0.5) is 11.4 Å². The number of phenols is 1. The van der Waals surface area contributed by atoms with Crippen LogP contribution in [0.25, 0.3) is 0 Å². The number of aromatic hydroxyl groups is 1. The number of hydrogen-bond donors (Lipinski definition) is 2. The molecule has 1 atom stereocenters. The summed E-state index contributed by atoms with van der Waals surface area (Å²) in [6.45, 7) is 0. The van der Waals surface area contributed by atoms with Gasteiger partial charge in [0.25, 0.3) is 5.69 Å². The zero-order valence-electron chi connectivity index (χ0n) is 17.2. The molecule has 0 amide bonds. The summed E-state index contributed by atoms with van der Waals surface area (Å²) in [5.74, 6) is -0.584. The van der Waals surface area contributed by atoms with Crippen molar-refractivity contribution in [3.63, 3.8) is 0 Å². The van der Waals surface area contributed by atoms with Crippen molar-refractivity contribution in [2.45, 2.75) is 25.2 Å². The number of nitrogens with zero attached hydrogens (tertiary/aromatic N) is 3. The van der Waals surface area contributed by atoms with Crippen LogP contribution >= 0.6 is 0 Å². The monoisotopic (exact) mass is 432 g/mol. The van der Waals surface area contributed by atoms with Crippen LogP contribution in [0.5, 0.6) is 11.5 Å². The van der Waals surface area contributed by atoms with Gasteiger partial charge in [0.2, 0.25) is 0 Å². The second-order valence-corrected chi connectivity index (χ2v) is 7.52. The van der Waals surface area contributed by atoms with Crippen molar-refractivity contribution in [2.75, 3.05) is 12.0 Å². The van der Waals surface area contributed by atoms with Gasteiger partial charge in [-0.1, -0.05) is 12.1 Å². The SMILES string of the molecule is COc1cc(C2C(C#N)=C(N)N(c3cccc([N+](=O)[O-])c3)C3=C2C(=O)CCC3)ccc1O. The molecule has 0 bridgehead atoms. The Kier molecular flexibility index (Phi) is 5.28. The molecule has 2 aromatic rings. The van der Waals surface area contributed by atoms with E-state index in [-0.39, 0.29) is 34.4 Å². The second kappa shape index (κ2) is 8.07. The van der Waals surface area contributed by atoms with E-state index >= 15 is 0 Å². The number of nitriles is 1. The predicted molar refractivity (Wildman–Crippen MR) is 116 cm³/mol. The maximum atomic E-state index is 13.1.